The van der Waals surface area contributed by atoms with Crippen molar-refractivity contribution in [3.63, 3.8) is 0 Å². The second-order valence-electron chi connectivity index (χ2n) is 8.11. The molecule has 33 heavy (non-hydrogen) atoms. The molecule has 1 aliphatic heterocycles. The van der Waals surface area contributed by atoms with Crippen LogP contribution >= 0.6 is 0 Å². The van der Waals surface area contributed by atoms with Crippen molar-refractivity contribution in [2.45, 2.75) is 37.6 Å². The number of benzene rings is 1. The van der Waals surface area contributed by atoms with Crippen molar-refractivity contribution in [3.05, 3.63) is 53.6 Å². The lowest BCUT2D eigenvalue weighted by Gasteiger charge is -2.20. The predicted molar refractivity (Wildman–Crippen MR) is 117 cm³/mol. The molecule has 1 fully saturated rings. The molecule has 0 saturated carbocycles. The van der Waals surface area contributed by atoms with Gasteiger partial charge in [0.1, 0.15) is 22.4 Å². The molecule has 2 N–H and O–H groups in total. The van der Waals surface area contributed by atoms with Gasteiger partial charge in [0.25, 0.3) is 5.91 Å². The minimum atomic E-state index is -4.34. The number of esters is 1. The van der Waals surface area contributed by atoms with Gasteiger partial charge in [-0.1, -0.05) is 26.0 Å². The number of H-pyrrole nitrogens is 1. The first kappa shape index (κ1) is 24.6. The summed E-state index contributed by atoms with van der Waals surface area (Å²) in [4.78, 5) is 41.2. The number of hydrogen-bond acceptors (Lipinski definition) is 6. The van der Waals surface area contributed by atoms with Crippen molar-refractivity contribution in [3.8, 4) is 0 Å². The molecular formula is C22H26FN3O6S. The topological polar surface area (TPSA) is 126 Å². The lowest BCUT2D eigenvalue weighted by molar-refractivity contribution is -0.145. The van der Waals surface area contributed by atoms with Crippen LogP contribution in [-0.2, 0) is 19.6 Å². The third-order valence-electron chi connectivity index (χ3n) is 5.30. The number of carbonyl (C=O) groups excluding carboxylic acids is 3. The number of rotatable bonds is 9. The Bertz CT molecular complexity index is 1140. The summed E-state index contributed by atoms with van der Waals surface area (Å²) in [6.07, 6.45) is 3.23. The number of Topliss-reactive ketones (excluding diaryl/α,β-unsaturated/α-hetero) is 1. The minimum absolute atomic E-state index is 0.165. The Labute approximate surface area is 191 Å². The van der Waals surface area contributed by atoms with Gasteiger partial charge in [0.05, 0.1) is 0 Å². The first-order chi connectivity index (χ1) is 15.6. The summed E-state index contributed by atoms with van der Waals surface area (Å²) in [6, 6.07) is 4.85. The van der Waals surface area contributed by atoms with Gasteiger partial charge in [0.2, 0.25) is 15.8 Å². The molecule has 1 saturated heterocycles. The zero-order valence-corrected chi connectivity index (χ0v) is 19.2. The molecule has 3 rings (SSSR count). The Morgan fingerprint density at radius 1 is 1.18 bits per heavy atom. The number of likely N-dealkylation sites (tertiary alicyclic amines) is 1. The molecule has 2 heterocycles. The van der Waals surface area contributed by atoms with Crippen LogP contribution in [0.3, 0.4) is 0 Å². The number of nitrogens with zero attached hydrogens (tertiary/aromatic N) is 1. The molecular weight excluding hydrogens is 453 g/mol. The molecule has 1 aromatic carbocycles. The molecule has 1 amide bonds. The van der Waals surface area contributed by atoms with E-state index in [1.807, 2.05) is 0 Å². The van der Waals surface area contributed by atoms with Crippen molar-refractivity contribution in [2.24, 2.45) is 5.92 Å². The van der Waals surface area contributed by atoms with Gasteiger partial charge < -0.3 is 14.6 Å². The highest BCUT2D eigenvalue weighted by Gasteiger charge is 2.31. The highest BCUT2D eigenvalue weighted by molar-refractivity contribution is 7.89. The molecule has 0 spiro atoms. The summed E-state index contributed by atoms with van der Waals surface area (Å²) >= 11 is 0. The van der Waals surface area contributed by atoms with E-state index in [1.54, 1.807) is 18.7 Å². The van der Waals surface area contributed by atoms with Gasteiger partial charge in [-0.25, -0.2) is 12.8 Å². The molecule has 0 unspecified atom stereocenters. The van der Waals surface area contributed by atoms with E-state index < -0.39 is 51.1 Å². The number of amides is 1. The average Bonchev–Trinajstić information content (AvgIpc) is 3.47. The Balaban J connectivity index is 1.62. The van der Waals surface area contributed by atoms with Crippen LogP contribution in [0.4, 0.5) is 4.39 Å². The monoisotopic (exact) mass is 479 g/mol. The van der Waals surface area contributed by atoms with E-state index in [1.165, 1.54) is 24.4 Å². The van der Waals surface area contributed by atoms with Crippen LogP contribution in [0.15, 0.2) is 41.4 Å². The standard InChI is InChI=1S/C22H26FN3O6S/c1-14(2)20(25-33(30,31)19-8-4-3-7-16(19)23)22(29)32-13-18(27)15-11-17(24-12-15)21(28)26-9-5-6-10-26/h3-4,7-8,11-12,14,20,24-25H,5-6,9-10,13H2,1-2H3/t20-/m0/s1. The highest BCUT2D eigenvalue weighted by atomic mass is 32.2. The molecule has 9 nitrogen and oxygen atoms in total. The number of carbonyl (C=O) groups is 3. The van der Waals surface area contributed by atoms with Crippen molar-refractivity contribution < 1.29 is 31.9 Å². The molecule has 1 aliphatic rings. The number of nitrogens with one attached hydrogen (secondary N) is 2. The van der Waals surface area contributed by atoms with Crippen molar-refractivity contribution in [1.29, 1.82) is 0 Å². The molecule has 1 aromatic heterocycles. The summed E-state index contributed by atoms with van der Waals surface area (Å²) < 4.78 is 46.2. The van der Waals surface area contributed by atoms with Gasteiger partial charge in [-0.05, 0) is 37.0 Å². The fourth-order valence-corrected chi connectivity index (χ4v) is 4.84. The first-order valence-electron chi connectivity index (χ1n) is 10.5. The number of ketones is 1. The molecule has 2 aromatic rings. The predicted octanol–water partition coefficient (Wildman–Crippen LogP) is 2.12. The summed E-state index contributed by atoms with van der Waals surface area (Å²) in [6.45, 7) is 3.86. The van der Waals surface area contributed by atoms with Crippen LogP contribution in [0.25, 0.3) is 0 Å². The third kappa shape index (κ3) is 5.85. The lowest BCUT2D eigenvalue weighted by Crippen LogP contribution is -2.45. The van der Waals surface area contributed by atoms with E-state index in [-0.39, 0.29) is 17.2 Å². The quantitative estimate of drug-likeness (QED) is 0.419. The fourth-order valence-electron chi connectivity index (χ4n) is 3.43. The smallest absolute Gasteiger partial charge is 0.324 e. The van der Waals surface area contributed by atoms with E-state index in [0.717, 1.165) is 25.0 Å². The highest BCUT2D eigenvalue weighted by Crippen LogP contribution is 2.17. The van der Waals surface area contributed by atoms with Gasteiger partial charge in [-0.3, -0.25) is 14.4 Å². The van der Waals surface area contributed by atoms with Crippen molar-refractivity contribution in [2.75, 3.05) is 19.7 Å². The van der Waals surface area contributed by atoms with E-state index >= 15 is 0 Å². The Kier molecular flexibility index (Phi) is 7.65. The molecule has 178 valence electrons. The summed E-state index contributed by atoms with van der Waals surface area (Å²) in [5.41, 5.74) is 0.433. The Morgan fingerprint density at radius 3 is 2.48 bits per heavy atom. The second-order valence-corrected chi connectivity index (χ2v) is 9.79. The van der Waals surface area contributed by atoms with Crippen molar-refractivity contribution >= 4 is 27.7 Å². The molecule has 1 atom stereocenters. The molecule has 0 bridgehead atoms. The SMILES string of the molecule is CC(C)[C@H](NS(=O)(=O)c1ccccc1F)C(=O)OCC(=O)c1c[nH]c(C(=O)N2CCCC2)c1. The van der Waals surface area contributed by atoms with E-state index in [9.17, 15) is 27.2 Å². The Hall–Kier alpha value is -3.05. The number of aromatic nitrogens is 1. The van der Waals surface area contributed by atoms with Gasteiger partial charge >= 0.3 is 5.97 Å². The van der Waals surface area contributed by atoms with Crippen molar-refractivity contribution in [1.82, 2.24) is 14.6 Å². The van der Waals surface area contributed by atoms with Gasteiger partial charge in [-0.2, -0.15) is 4.72 Å². The zero-order valence-electron chi connectivity index (χ0n) is 18.3. The number of ether oxygens (including phenoxy) is 1. The van der Waals surface area contributed by atoms with E-state index in [4.69, 9.17) is 4.74 Å². The number of aromatic amines is 1. The van der Waals surface area contributed by atoms with Crippen LogP contribution in [0, 0.1) is 11.7 Å². The van der Waals surface area contributed by atoms with Gasteiger partial charge in [0, 0.05) is 24.8 Å². The Morgan fingerprint density at radius 2 is 1.85 bits per heavy atom. The normalized spacial score (nSPS) is 15.0. The maximum atomic E-state index is 13.9. The summed E-state index contributed by atoms with van der Waals surface area (Å²) in [5, 5.41) is 0. The number of sulfonamides is 1. The van der Waals surface area contributed by atoms with Crippen LogP contribution in [0.5, 0.6) is 0 Å². The van der Waals surface area contributed by atoms with E-state index in [2.05, 4.69) is 9.71 Å². The zero-order chi connectivity index (χ0) is 24.2. The molecule has 11 heteroatoms. The van der Waals surface area contributed by atoms with Crippen LogP contribution in [-0.4, -0.2) is 61.7 Å². The maximum Gasteiger partial charge on any atom is 0.324 e. The number of hydrogen-bond donors (Lipinski definition) is 2. The lowest BCUT2D eigenvalue weighted by atomic mass is 10.1. The minimum Gasteiger partial charge on any atom is -0.456 e. The summed E-state index contributed by atoms with van der Waals surface area (Å²) in [7, 11) is -4.34. The van der Waals surface area contributed by atoms with Gasteiger partial charge in [-0.15, -0.1) is 0 Å². The van der Waals surface area contributed by atoms with Crippen LogP contribution < -0.4 is 4.72 Å². The maximum absolute atomic E-state index is 13.9. The molecule has 0 radical (unpaired) electrons. The van der Waals surface area contributed by atoms with Crippen LogP contribution in [0.1, 0.15) is 47.5 Å². The third-order valence-corrected chi connectivity index (χ3v) is 6.78. The fraction of sp³-hybridized carbons (Fsp3) is 0.409. The van der Waals surface area contributed by atoms with Crippen LogP contribution in [0.2, 0.25) is 0 Å². The summed E-state index contributed by atoms with van der Waals surface area (Å²) in [5.74, 6) is -3.22. The van der Waals surface area contributed by atoms with E-state index in [0.29, 0.717) is 13.1 Å². The number of halogens is 1. The largest absolute Gasteiger partial charge is 0.456 e. The van der Waals surface area contributed by atoms with Gasteiger partial charge in [0.15, 0.2) is 6.61 Å². The average molecular weight is 480 g/mol. The first-order valence-corrected chi connectivity index (χ1v) is 12.0. The molecule has 0 aliphatic carbocycles. The second kappa shape index (κ2) is 10.3.